The van der Waals surface area contributed by atoms with Crippen molar-refractivity contribution < 1.29 is 13.2 Å². The molecule has 0 amide bonds. The zero-order valence-electron chi connectivity index (χ0n) is 11.5. The van der Waals surface area contributed by atoms with Gasteiger partial charge in [0.1, 0.15) is 5.82 Å². The summed E-state index contributed by atoms with van der Waals surface area (Å²) < 4.78 is 32.8. The molecule has 1 atom stereocenters. The first-order valence-electron chi connectivity index (χ1n) is 6.81. The number of nitrogen functional groups attached to an aromatic ring is 1. The van der Waals surface area contributed by atoms with E-state index in [4.69, 9.17) is 10.5 Å². The predicted molar refractivity (Wildman–Crippen MR) is 80.3 cm³/mol. The molecule has 1 aliphatic rings. The summed E-state index contributed by atoms with van der Waals surface area (Å²) in [5.74, 6) is 0.413. The second-order valence-electron chi connectivity index (χ2n) is 5.13. The first-order valence-corrected chi connectivity index (χ1v) is 8.29. The van der Waals surface area contributed by atoms with Gasteiger partial charge in [0.05, 0.1) is 17.0 Å². The number of nitrogens with two attached hydrogens (primary N) is 1. The zero-order valence-corrected chi connectivity index (χ0v) is 12.3. The van der Waals surface area contributed by atoms with Crippen LogP contribution in [0.2, 0.25) is 0 Å². The third-order valence-corrected chi connectivity index (χ3v) is 4.99. The molecule has 112 valence electrons. The molecular weight excluding hydrogens is 290 g/mol. The third kappa shape index (κ3) is 3.15. The summed E-state index contributed by atoms with van der Waals surface area (Å²) >= 11 is 0. The lowest BCUT2D eigenvalue weighted by Crippen LogP contribution is -2.40. The number of nitrogens with one attached hydrogen (secondary N) is 1. The Morgan fingerprint density at radius 2 is 2.14 bits per heavy atom. The van der Waals surface area contributed by atoms with Crippen LogP contribution in [0.25, 0.3) is 10.9 Å². The molecule has 2 heterocycles. The first-order chi connectivity index (χ1) is 10.0. The predicted octanol–water partition coefficient (Wildman–Crippen LogP) is 1.27. The van der Waals surface area contributed by atoms with Gasteiger partial charge in [-0.1, -0.05) is 0 Å². The monoisotopic (exact) mass is 307 g/mol. The Labute approximate surface area is 123 Å². The minimum atomic E-state index is -3.55. The smallest absolute Gasteiger partial charge is 0.240 e. The molecule has 0 radical (unpaired) electrons. The summed E-state index contributed by atoms with van der Waals surface area (Å²) in [6.45, 7) is 1.12. The molecule has 0 aliphatic carbocycles. The number of nitrogens with zero attached hydrogens (tertiary/aromatic N) is 1. The summed E-state index contributed by atoms with van der Waals surface area (Å²) in [6, 6.07) is 8.07. The molecule has 0 spiro atoms. The van der Waals surface area contributed by atoms with Crippen LogP contribution in [0.15, 0.2) is 35.2 Å². The molecule has 21 heavy (non-hydrogen) atoms. The van der Waals surface area contributed by atoms with Gasteiger partial charge in [-0.15, -0.1) is 0 Å². The molecule has 3 rings (SSSR count). The van der Waals surface area contributed by atoms with Crippen molar-refractivity contribution in [1.82, 2.24) is 9.71 Å². The Morgan fingerprint density at radius 3 is 2.90 bits per heavy atom. The van der Waals surface area contributed by atoms with Crippen molar-refractivity contribution in [2.24, 2.45) is 0 Å². The van der Waals surface area contributed by atoms with E-state index in [1.54, 1.807) is 30.3 Å². The van der Waals surface area contributed by atoms with Crippen LogP contribution in [0.1, 0.15) is 12.8 Å². The van der Waals surface area contributed by atoms with Crippen molar-refractivity contribution in [3.8, 4) is 0 Å². The fourth-order valence-corrected chi connectivity index (χ4v) is 3.70. The number of hydrogen-bond acceptors (Lipinski definition) is 5. The Morgan fingerprint density at radius 1 is 1.29 bits per heavy atom. The maximum Gasteiger partial charge on any atom is 0.240 e. The SMILES string of the molecule is Nc1ccc2cc(S(=O)(=O)NC3CCCOC3)ccc2n1. The van der Waals surface area contributed by atoms with Crippen LogP contribution in [-0.2, 0) is 14.8 Å². The molecule has 1 aliphatic heterocycles. The van der Waals surface area contributed by atoms with Crippen molar-refractivity contribution in [2.45, 2.75) is 23.8 Å². The summed E-state index contributed by atoms with van der Waals surface area (Å²) in [4.78, 5) is 4.39. The summed E-state index contributed by atoms with van der Waals surface area (Å²) in [7, 11) is -3.55. The van der Waals surface area contributed by atoms with E-state index in [0.29, 0.717) is 24.5 Å². The molecule has 0 bridgehead atoms. The van der Waals surface area contributed by atoms with Gasteiger partial charge in [0.15, 0.2) is 0 Å². The van der Waals surface area contributed by atoms with Gasteiger partial charge in [-0.3, -0.25) is 0 Å². The standard InChI is InChI=1S/C14H17N3O3S/c15-14-6-3-10-8-12(4-5-13(10)16-14)21(18,19)17-11-2-1-7-20-9-11/h3-6,8,11,17H,1-2,7,9H2,(H2,15,16). The average molecular weight is 307 g/mol. The Bertz CT molecular complexity index is 755. The van der Waals surface area contributed by atoms with Crippen molar-refractivity contribution >= 4 is 26.7 Å². The number of anilines is 1. The molecular formula is C14H17N3O3S. The molecule has 1 aromatic heterocycles. The quantitative estimate of drug-likeness (QED) is 0.890. The lowest BCUT2D eigenvalue weighted by atomic mass is 10.1. The van der Waals surface area contributed by atoms with Crippen molar-refractivity contribution in [3.05, 3.63) is 30.3 Å². The Kier molecular flexibility index (Phi) is 3.79. The van der Waals surface area contributed by atoms with E-state index in [2.05, 4.69) is 9.71 Å². The van der Waals surface area contributed by atoms with Gasteiger partial charge < -0.3 is 10.5 Å². The van der Waals surface area contributed by atoms with Gasteiger partial charge in [-0.25, -0.2) is 18.1 Å². The molecule has 1 fully saturated rings. The third-order valence-electron chi connectivity index (χ3n) is 3.47. The van der Waals surface area contributed by atoms with Crippen LogP contribution in [0.3, 0.4) is 0 Å². The van der Waals surface area contributed by atoms with E-state index in [0.717, 1.165) is 18.2 Å². The number of hydrogen-bond donors (Lipinski definition) is 2. The molecule has 1 unspecified atom stereocenters. The summed E-state index contributed by atoms with van der Waals surface area (Å²) in [5, 5.41) is 0.743. The zero-order chi connectivity index (χ0) is 14.9. The van der Waals surface area contributed by atoms with Crippen molar-refractivity contribution in [2.75, 3.05) is 18.9 Å². The lowest BCUT2D eigenvalue weighted by Gasteiger charge is -2.23. The Hall–Kier alpha value is -1.70. The number of fused-ring (bicyclic) bond motifs is 1. The highest BCUT2D eigenvalue weighted by molar-refractivity contribution is 7.89. The highest BCUT2D eigenvalue weighted by atomic mass is 32.2. The van der Waals surface area contributed by atoms with Gasteiger partial charge in [-0.05, 0) is 43.2 Å². The largest absolute Gasteiger partial charge is 0.384 e. The second kappa shape index (κ2) is 5.59. The second-order valence-corrected chi connectivity index (χ2v) is 6.84. The normalized spacial score (nSPS) is 19.7. The van der Waals surface area contributed by atoms with Crippen molar-refractivity contribution in [1.29, 1.82) is 0 Å². The summed E-state index contributed by atoms with van der Waals surface area (Å²) in [6.07, 6.45) is 1.67. The molecule has 1 saturated heterocycles. The van der Waals surface area contributed by atoms with E-state index in [1.165, 1.54) is 0 Å². The average Bonchev–Trinajstić information content (AvgIpc) is 2.47. The van der Waals surface area contributed by atoms with Crippen LogP contribution in [0, 0.1) is 0 Å². The molecule has 2 aromatic rings. The number of benzene rings is 1. The lowest BCUT2D eigenvalue weighted by molar-refractivity contribution is 0.0774. The number of ether oxygens (including phenoxy) is 1. The molecule has 3 N–H and O–H groups in total. The fraction of sp³-hybridized carbons (Fsp3) is 0.357. The number of sulfonamides is 1. The van der Waals surface area contributed by atoms with E-state index < -0.39 is 10.0 Å². The van der Waals surface area contributed by atoms with Gasteiger partial charge in [0.25, 0.3) is 0 Å². The van der Waals surface area contributed by atoms with Crippen LogP contribution < -0.4 is 10.5 Å². The van der Waals surface area contributed by atoms with E-state index >= 15 is 0 Å². The van der Waals surface area contributed by atoms with Crippen LogP contribution in [-0.4, -0.2) is 32.7 Å². The maximum absolute atomic E-state index is 12.4. The number of aromatic nitrogens is 1. The van der Waals surface area contributed by atoms with Crippen LogP contribution in [0.4, 0.5) is 5.82 Å². The maximum atomic E-state index is 12.4. The van der Waals surface area contributed by atoms with Gasteiger partial charge >= 0.3 is 0 Å². The molecule has 7 heteroatoms. The molecule has 0 saturated carbocycles. The van der Waals surface area contributed by atoms with Gasteiger partial charge in [-0.2, -0.15) is 0 Å². The number of rotatable bonds is 3. The fourth-order valence-electron chi connectivity index (χ4n) is 2.41. The van der Waals surface area contributed by atoms with Crippen LogP contribution >= 0.6 is 0 Å². The van der Waals surface area contributed by atoms with E-state index in [1.807, 2.05) is 0 Å². The van der Waals surface area contributed by atoms with E-state index in [-0.39, 0.29) is 10.9 Å². The minimum absolute atomic E-state index is 0.163. The highest BCUT2D eigenvalue weighted by Crippen LogP contribution is 2.19. The summed E-state index contributed by atoms with van der Waals surface area (Å²) in [5.41, 5.74) is 6.29. The van der Waals surface area contributed by atoms with E-state index in [9.17, 15) is 8.42 Å². The Balaban J connectivity index is 1.89. The number of pyridine rings is 1. The van der Waals surface area contributed by atoms with Gasteiger partial charge in [0, 0.05) is 18.0 Å². The molecule has 6 nitrogen and oxygen atoms in total. The first kappa shape index (κ1) is 14.2. The highest BCUT2D eigenvalue weighted by Gasteiger charge is 2.22. The van der Waals surface area contributed by atoms with Gasteiger partial charge in [0.2, 0.25) is 10.0 Å². The van der Waals surface area contributed by atoms with Crippen LogP contribution in [0.5, 0.6) is 0 Å². The minimum Gasteiger partial charge on any atom is -0.384 e. The molecule has 1 aromatic carbocycles. The topological polar surface area (TPSA) is 94.3 Å². The van der Waals surface area contributed by atoms with Crippen molar-refractivity contribution in [3.63, 3.8) is 0 Å².